The molecule has 0 aromatic heterocycles. The Labute approximate surface area is 66.3 Å². The molecule has 11 heavy (non-hydrogen) atoms. The molecule has 1 aromatic rings. The van der Waals surface area contributed by atoms with Crippen molar-refractivity contribution in [1.82, 2.24) is 0 Å². The Morgan fingerprint density at radius 3 is 2.82 bits per heavy atom. The molecular weight excluding hydrogens is 141 g/mol. The van der Waals surface area contributed by atoms with Crippen LogP contribution in [0.25, 0.3) is 0 Å². The molecule has 58 valence electrons. The zero-order valence-electron chi connectivity index (χ0n) is 6.37. The van der Waals surface area contributed by atoms with Crippen LogP contribution in [0.2, 0.25) is 0 Å². The van der Waals surface area contributed by atoms with Crippen LogP contribution in [0.3, 0.4) is 0 Å². The molecule has 1 aromatic carbocycles. The monoisotopic (exact) mass is 151 g/mol. The highest BCUT2D eigenvalue weighted by molar-refractivity contribution is 6.17. The fourth-order valence-corrected chi connectivity index (χ4v) is 0.869. The summed E-state index contributed by atoms with van der Waals surface area (Å²) < 4.78 is 4.92. The molecule has 0 aliphatic rings. The Bertz CT molecular complexity index is 229. The lowest BCUT2D eigenvalue weighted by atomic mass is 10.3. The Morgan fingerprint density at radius 2 is 2.18 bits per heavy atom. The SMILES string of the molecule is CNc1ccccc1OBO. The topological polar surface area (TPSA) is 41.5 Å². The smallest absolute Gasteiger partial charge is 0.504 e. The highest BCUT2D eigenvalue weighted by atomic mass is 16.5. The van der Waals surface area contributed by atoms with Gasteiger partial charge in [-0.05, 0) is 12.1 Å². The fraction of sp³-hybridized carbons (Fsp3) is 0.143. The van der Waals surface area contributed by atoms with E-state index in [0.717, 1.165) is 5.69 Å². The van der Waals surface area contributed by atoms with Crippen LogP contribution in [-0.2, 0) is 0 Å². The molecule has 0 radical (unpaired) electrons. The molecule has 0 fully saturated rings. The predicted octanol–water partition coefficient (Wildman–Crippen LogP) is 0.366. The van der Waals surface area contributed by atoms with Crippen LogP contribution in [0.15, 0.2) is 24.3 Å². The average Bonchev–Trinajstić information content (AvgIpc) is 2.06. The molecule has 0 saturated carbocycles. The zero-order valence-corrected chi connectivity index (χ0v) is 6.37. The van der Waals surface area contributed by atoms with E-state index in [4.69, 9.17) is 9.68 Å². The molecule has 0 amide bonds. The third-order valence-electron chi connectivity index (χ3n) is 1.38. The number of rotatable bonds is 3. The molecule has 2 N–H and O–H groups in total. The van der Waals surface area contributed by atoms with Gasteiger partial charge in [0.05, 0.1) is 5.69 Å². The number of benzene rings is 1. The van der Waals surface area contributed by atoms with E-state index in [0.29, 0.717) is 5.75 Å². The summed E-state index contributed by atoms with van der Waals surface area (Å²) in [4.78, 5) is 0. The van der Waals surface area contributed by atoms with Crippen molar-refractivity contribution in [3.8, 4) is 5.75 Å². The van der Waals surface area contributed by atoms with Crippen LogP contribution in [0.4, 0.5) is 5.69 Å². The lowest BCUT2D eigenvalue weighted by Gasteiger charge is -2.07. The third-order valence-corrected chi connectivity index (χ3v) is 1.38. The van der Waals surface area contributed by atoms with E-state index >= 15 is 0 Å². The Kier molecular flexibility index (Phi) is 2.80. The van der Waals surface area contributed by atoms with Crippen molar-refractivity contribution in [1.29, 1.82) is 0 Å². The van der Waals surface area contributed by atoms with Crippen molar-refractivity contribution in [3.63, 3.8) is 0 Å². The van der Waals surface area contributed by atoms with Crippen LogP contribution in [0.5, 0.6) is 5.75 Å². The van der Waals surface area contributed by atoms with E-state index in [-0.39, 0.29) is 7.69 Å². The summed E-state index contributed by atoms with van der Waals surface area (Å²) in [6.07, 6.45) is 0. The van der Waals surface area contributed by atoms with Gasteiger partial charge in [0.15, 0.2) is 0 Å². The fourth-order valence-electron chi connectivity index (χ4n) is 0.869. The molecule has 1 rings (SSSR count). The lowest BCUT2D eigenvalue weighted by molar-refractivity contribution is 0.455. The van der Waals surface area contributed by atoms with Crippen LogP contribution in [0.1, 0.15) is 0 Å². The Morgan fingerprint density at radius 1 is 1.45 bits per heavy atom. The first-order valence-electron chi connectivity index (χ1n) is 3.39. The first kappa shape index (κ1) is 7.95. The minimum absolute atomic E-state index is 0.293. The summed E-state index contributed by atoms with van der Waals surface area (Å²) in [5, 5.41) is 11.4. The van der Waals surface area contributed by atoms with Gasteiger partial charge in [0, 0.05) is 7.05 Å². The Balaban J connectivity index is 2.83. The molecule has 0 bridgehead atoms. The van der Waals surface area contributed by atoms with Crippen LogP contribution in [0, 0.1) is 0 Å². The predicted molar refractivity (Wildman–Crippen MR) is 46.0 cm³/mol. The molecule has 0 spiro atoms. The summed E-state index contributed by atoms with van der Waals surface area (Å²) in [5.74, 6) is 0.664. The van der Waals surface area contributed by atoms with Gasteiger partial charge in [-0.25, -0.2) is 0 Å². The largest absolute Gasteiger partial charge is 0.537 e. The van der Waals surface area contributed by atoms with E-state index < -0.39 is 0 Å². The van der Waals surface area contributed by atoms with Gasteiger partial charge >= 0.3 is 7.69 Å². The number of nitrogens with one attached hydrogen (secondary N) is 1. The van der Waals surface area contributed by atoms with E-state index in [2.05, 4.69) is 5.32 Å². The maximum Gasteiger partial charge on any atom is 0.504 e. The van der Waals surface area contributed by atoms with Gasteiger partial charge in [0.2, 0.25) is 0 Å². The van der Waals surface area contributed by atoms with Gasteiger partial charge in [0.1, 0.15) is 5.75 Å². The van der Waals surface area contributed by atoms with Crippen molar-refractivity contribution in [3.05, 3.63) is 24.3 Å². The van der Waals surface area contributed by atoms with Crippen LogP contribution < -0.4 is 9.97 Å². The summed E-state index contributed by atoms with van der Waals surface area (Å²) >= 11 is 0. The van der Waals surface area contributed by atoms with Crippen molar-refractivity contribution < 1.29 is 9.68 Å². The maximum absolute atomic E-state index is 8.49. The second-order valence-electron chi connectivity index (χ2n) is 2.02. The molecule has 4 heteroatoms. The van der Waals surface area contributed by atoms with Gasteiger partial charge in [-0.3, -0.25) is 0 Å². The number of para-hydroxylation sites is 2. The highest BCUT2D eigenvalue weighted by Crippen LogP contribution is 2.21. The summed E-state index contributed by atoms with van der Waals surface area (Å²) in [6, 6.07) is 7.43. The normalized spacial score (nSPS) is 8.91. The van der Waals surface area contributed by atoms with E-state index in [1.165, 1.54) is 0 Å². The quantitative estimate of drug-likeness (QED) is 0.613. The van der Waals surface area contributed by atoms with Crippen molar-refractivity contribution >= 4 is 13.4 Å². The summed E-state index contributed by atoms with van der Waals surface area (Å²) in [7, 11) is 1.51. The maximum atomic E-state index is 8.49. The van der Waals surface area contributed by atoms with Gasteiger partial charge in [-0.1, -0.05) is 12.1 Å². The van der Waals surface area contributed by atoms with E-state index in [1.54, 1.807) is 13.1 Å². The van der Waals surface area contributed by atoms with Gasteiger partial charge < -0.3 is 15.0 Å². The van der Waals surface area contributed by atoms with Crippen LogP contribution in [-0.4, -0.2) is 19.8 Å². The minimum Gasteiger partial charge on any atom is -0.537 e. The molecular formula is C7H10BNO2. The standard InChI is InChI=1S/C7H10BNO2/c1-9-6-4-2-3-5-7(6)11-8-10/h2-5,8-10H,1H3. The summed E-state index contributed by atoms with van der Waals surface area (Å²) in [5.41, 5.74) is 0.876. The first-order chi connectivity index (χ1) is 5.38. The second-order valence-corrected chi connectivity index (χ2v) is 2.02. The van der Waals surface area contributed by atoms with Crippen LogP contribution >= 0.6 is 0 Å². The van der Waals surface area contributed by atoms with Gasteiger partial charge in [0.25, 0.3) is 0 Å². The summed E-state index contributed by atoms with van der Waals surface area (Å²) in [6.45, 7) is 0. The Hall–Kier alpha value is -1.16. The molecule has 0 unspecified atom stereocenters. The number of anilines is 1. The number of hydrogen-bond acceptors (Lipinski definition) is 3. The molecule has 0 aliphatic heterocycles. The first-order valence-corrected chi connectivity index (χ1v) is 3.39. The van der Waals surface area contributed by atoms with E-state index in [9.17, 15) is 0 Å². The molecule has 0 atom stereocenters. The minimum atomic E-state index is -0.293. The third kappa shape index (κ3) is 1.88. The second kappa shape index (κ2) is 3.88. The van der Waals surface area contributed by atoms with Crippen molar-refractivity contribution in [2.45, 2.75) is 0 Å². The molecule has 0 aliphatic carbocycles. The lowest BCUT2D eigenvalue weighted by Crippen LogP contribution is -2.02. The van der Waals surface area contributed by atoms with Crippen molar-refractivity contribution in [2.75, 3.05) is 12.4 Å². The van der Waals surface area contributed by atoms with Gasteiger partial charge in [-0.15, -0.1) is 0 Å². The van der Waals surface area contributed by atoms with E-state index in [1.807, 2.05) is 18.2 Å². The number of hydrogen-bond donors (Lipinski definition) is 2. The molecule has 3 nitrogen and oxygen atoms in total. The van der Waals surface area contributed by atoms with Gasteiger partial charge in [-0.2, -0.15) is 0 Å². The molecule has 0 heterocycles. The average molecular weight is 151 g/mol. The zero-order chi connectivity index (χ0) is 8.10. The highest BCUT2D eigenvalue weighted by Gasteiger charge is 1.98. The molecule has 0 saturated heterocycles. The van der Waals surface area contributed by atoms with Crippen molar-refractivity contribution in [2.24, 2.45) is 0 Å².